The number of aliphatic hydroxyl groups excluding tert-OH is 5. The highest BCUT2D eigenvalue weighted by Gasteiger charge is 2.40. The summed E-state index contributed by atoms with van der Waals surface area (Å²) < 4.78 is 0. The number of aliphatic carboxylic acids is 1. The molecule has 6 atom stereocenters. The Balaban J connectivity index is 2.54. The van der Waals surface area contributed by atoms with E-state index >= 15 is 0 Å². The lowest BCUT2D eigenvalue weighted by Gasteiger charge is -2.28. The van der Waals surface area contributed by atoms with E-state index in [2.05, 4.69) is 5.32 Å². The normalized spacial score (nSPS) is 30.7. The summed E-state index contributed by atoms with van der Waals surface area (Å²) in [6.07, 6.45) is -6.44. The molecule has 1 fully saturated rings. The van der Waals surface area contributed by atoms with Crippen LogP contribution in [-0.4, -0.2) is 84.8 Å². The van der Waals surface area contributed by atoms with Crippen molar-refractivity contribution in [3.63, 3.8) is 0 Å². The molecule has 1 aliphatic heterocycles. The maximum Gasteiger partial charge on any atom is 0.321 e. The molecule has 7 N–H and O–H groups in total. The molecule has 0 radical (unpaired) electrons. The summed E-state index contributed by atoms with van der Waals surface area (Å²) in [5.74, 6) is -0.842. The smallest absolute Gasteiger partial charge is 0.321 e. The van der Waals surface area contributed by atoms with Crippen molar-refractivity contribution in [2.45, 2.75) is 35.8 Å². The van der Waals surface area contributed by atoms with Crippen molar-refractivity contribution in [2.24, 2.45) is 0 Å². The molecule has 1 heterocycles. The van der Waals surface area contributed by atoms with Gasteiger partial charge in [-0.15, -0.1) is 11.8 Å². The van der Waals surface area contributed by atoms with E-state index in [4.69, 9.17) is 15.3 Å². The van der Waals surface area contributed by atoms with Crippen molar-refractivity contribution in [3.05, 3.63) is 0 Å². The quantitative estimate of drug-likeness (QED) is 0.264. The second-order valence-electron chi connectivity index (χ2n) is 4.03. The molecule has 0 saturated carbocycles. The number of thioether (sulfide) groups is 1. The highest BCUT2D eigenvalue weighted by Crippen LogP contribution is 2.24. The van der Waals surface area contributed by atoms with Gasteiger partial charge >= 0.3 is 5.97 Å². The number of aliphatic hydroxyl groups is 5. The van der Waals surface area contributed by atoms with Gasteiger partial charge in [-0.25, -0.2) is 0 Å². The molecule has 0 amide bonds. The van der Waals surface area contributed by atoms with Crippen LogP contribution in [0, 0.1) is 0 Å². The van der Waals surface area contributed by atoms with Crippen molar-refractivity contribution in [1.29, 1.82) is 0 Å². The summed E-state index contributed by atoms with van der Waals surface area (Å²) in [6, 6.07) is -0.832. The molecular weight excluding hydrogens is 266 g/mol. The first-order valence-electron chi connectivity index (χ1n) is 5.32. The second-order valence-corrected chi connectivity index (χ2v) is 5.21. The summed E-state index contributed by atoms with van der Waals surface area (Å²) in [5, 5.41) is 57.1. The predicted molar refractivity (Wildman–Crippen MR) is 61.9 cm³/mol. The molecule has 0 aromatic carbocycles. The van der Waals surface area contributed by atoms with Crippen LogP contribution in [0.3, 0.4) is 0 Å². The van der Waals surface area contributed by atoms with E-state index in [1.54, 1.807) is 0 Å². The van der Waals surface area contributed by atoms with Crippen molar-refractivity contribution < 1.29 is 35.4 Å². The van der Waals surface area contributed by atoms with Crippen LogP contribution in [0.15, 0.2) is 0 Å². The Labute approximate surface area is 107 Å². The minimum atomic E-state index is -1.71. The van der Waals surface area contributed by atoms with Crippen molar-refractivity contribution in [2.75, 3.05) is 12.4 Å². The average Bonchev–Trinajstić information content (AvgIpc) is 2.84. The second kappa shape index (κ2) is 6.66. The zero-order valence-electron chi connectivity index (χ0n) is 9.38. The maximum atomic E-state index is 10.7. The van der Waals surface area contributed by atoms with Crippen LogP contribution in [0.2, 0.25) is 0 Å². The van der Waals surface area contributed by atoms with E-state index in [9.17, 15) is 20.1 Å². The molecule has 0 aromatic rings. The van der Waals surface area contributed by atoms with E-state index < -0.39 is 48.4 Å². The van der Waals surface area contributed by atoms with Gasteiger partial charge in [-0.05, 0) is 0 Å². The topological polar surface area (TPSA) is 150 Å². The first-order chi connectivity index (χ1) is 8.38. The highest BCUT2D eigenvalue weighted by atomic mass is 32.2. The molecule has 106 valence electrons. The Kier molecular flexibility index (Phi) is 5.79. The van der Waals surface area contributed by atoms with Gasteiger partial charge in [0.15, 0.2) is 0 Å². The lowest BCUT2D eigenvalue weighted by Crippen LogP contribution is -2.52. The molecule has 1 rings (SSSR count). The number of rotatable bonds is 6. The van der Waals surface area contributed by atoms with E-state index in [-0.39, 0.29) is 5.75 Å². The standard InChI is InChI=1S/C9H17NO7S/c11-1-4(12)5(13)6(14)7(15)8-10-3(2-18-8)9(16)17/h3-8,10-15H,1-2H2,(H,16,17)/t3-,4-,5-,6+,7-,8-/m1/s1. The van der Waals surface area contributed by atoms with Gasteiger partial charge in [-0.1, -0.05) is 0 Å². The predicted octanol–water partition coefficient (Wildman–Crippen LogP) is -3.46. The fraction of sp³-hybridized carbons (Fsp3) is 0.889. The number of hydrogen-bond donors (Lipinski definition) is 7. The zero-order chi connectivity index (χ0) is 13.9. The van der Waals surface area contributed by atoms with Gasteiger partial charge < -0.3 is 30.6 Å². The summed E-state index contributed by atoms with van der Waals surface area (Å²) in [6.45, 7) is -0.756. The zero-order valence-corrected chi connectivity index (χ0v) is 10.2. The molecule has 0 spiro atoms. The lowest BCUT2D eigenvalue weighted by atomic mass is 10.0. The van der Waals surface area contributed by atoms with E-state index in [0.717, 1.165) is 11.8 Å². The summed E-state index contributed by atoms with van der Waals surface area (Å²) in [5.41, 5.74) is 0. The van der Waals surface area contributed by atoms with E-state index in [1.807, 2.05) is 0 Å². The molecule has 0 aromatic heterocycles. The Morgan fingerprint density at radius 3 is 2.33 bits per heavy atom. The number of hydrogen-bond acceptors (Lipinski definition) is 8. The minimum Gasteiger partial charge on any atom is -0.480 e. The maximum absolute atomic E-state index is 10.7. The molecule has 0 aliphatic carbocycles. The summed E-state index contributed by atoms with van der Waals surface area (Å²) in [7, 11) is 0. The van der Waals surface area contributed by atoms with E-state index in [0.29, 0.717) is 0 Å². The molecular formula is C9H17NO7S. The van der Waals surface area contributed by atoms with Crippen molar-refractivity contribution in [1.82, 2.24) is 5.32 Å². The molecule has 8 nitrogen and oxygen atoms in total. The average molecular weight is 283 g/mol. The van der Waals surface area contributed by atoms with E-state index in [1.165, 1.54) is 0 Å². The van der Waals surface area contributed by atoms with Gasteiger partial charge in [0.05, 0.1) is 12.0 Å². The fourth-order valence-electron chi connectivity index (χ4n) is 1.55. The van der Waals surface area contributed by atoms with Crippen molar-refractivity contribution in [3.8, 4) is 0 Å². The first kappa shape index (κ1) is 15.6. The largest absolute Gasteiger partial charge is 0.480 e. The third-order valence-corrected chi connectivity index (χ3v) is 4.00. The van der Waals surface area contributed by atoms with Crippen LogP contribution in [0.4, 0.5) is 0 Å². The SMILES string of the molecule is O=C(O)[C@H]1CS[C@H]([C@H](O)[C@@H](O)[C@H](O)[C@H](O)CO)N1. The molecule has 1 aliphatic rings. The molecule has 1 saturated heterocycles. The van der Waals surface area contributed by atoms with Crippen LogP contribution in [-0.2, 0) is 4.79 Å². The van der Waals surface area contributed by atoms with Gasteiger partial charge in [-0.2, -0.15) is 0 Å². The van der Waals surface area contributed by atoms with Crippen LogP contribution in [0.25, 0.3) is 0 Å². The van der Waals surface area contributed by atoms with Gasteiger partial charge in [-0.3, -0.25) is 10.1 Å². The monoisotopic (exact) mass is 283 g/mol. The van der Waals surface area contributed by atoms with Gasteiger partial charge in [0, 0.05) is 5.75 Å². The molecule has 18 heavy (non-hydrogen) atoms. The molecule has 0 unspecified atom stereocenters. The number of carboxylic acids is 1. The number of carboxylic acid groups (broad SMARTS) is 1. The van der Waals surface area contributed by atoms with Gasteiger partial charge in [0.1, 0.15) is 30.5 Å². The molecule has 9 heteroatoms. The van der Waals surface area contributed by atoms with Crippen LogP contribution in [0.5, 0.6) is 0 Å². The minimum absolute atomic E-state index is 0.225. The Morgan fingerprint density at radius 2 is 1.89 bits per heavy atom. The number of carbonyl (C=O) groups is 1. The summed E-state index contributed by atoms with van der Waals surface area (Å²) in [4.78, 5) is 10.7. The Bertz CT molecular complexity index is 292. The summed E-state index contributed by atoms with van der Waals surface area (Å²) >= 11 is 1.09. The van der Waals surface area contributed by atoms with Gasteiger partial charge in [0.25, 0.3) is 0 Å². The van der Waals surface area contributed by atoms with Crippen LogP contribution >= 0.6 is 11.8 Å². The third kappa shape index (κ3) is 3.54. The van der Waals surface area contributed by atoms with Crippen LogP contribution in [0.1, 0.15) is 0 Å². The molecule has 0 bridgehead atoms. The van der Waals surface area contributed by atoms with Crippen molar-refractivity contribution >= 4 is 17.7 Å². The van der Waals surface area contributed by atoms with Gasteiger partial charge in [0.2, 0.25) is 0 Å². The Hall–Kier alpha value is -0.420. The fourth-order valence-corrected chi connectivity index (χ4v) is 2.81. The Morgan fingerprint density at radius 1 is 1.28 bits per heavy atom. The lowest BCUT2D eigenvalue weighted by molar-refractivity contribution is -0.139. The number of nitrogens with one attached hydrogen (secondary N) is 1. The third-order valence-electron chi connectivity index (χ3n) is 2.70. The van der Waals surface area contributed by atoms with Crippen LogP contribution < -0.4 is 5.32 Å². The highest BCUT2D eigenvalue weighted by molar-refractivity contribution is 8.00. The first-order valence-corrected chi connectivity index (χ1v) is 6.37.